The lowest BCUT2D eigenvalue weighted by Gasteiger charge is -2.26. The lowest BCUT2D eigenvalue weighted by atomic mass is 10.1. The standard InChI is InChI=1S/C12H17NO/c1-10-5-2-3-7-12(10)13-8-4-6-11(13)9-14/h2-3,5,7,11,14H,4,6,8-9H2,1H3/t11-/m1/s1. The minimum absolute atomic E-state index is 0.272. The van der Waals surface area contributed by atoms with Gasteiger partial charge >= 0.3 is 0 Å². The van der Waals surface area contributed by atoms with Gasteiger partial charge in [-0.3, -0.25) is 0 Å². The largest absolute Gasteiger partial charge is 0.394 e. The number of hydrogen-bond donors (Lipinski definition) is 1. The lowest BCUT2D eigenvalue weighted by molar-refractivity contribution is 0.266. The molecule has 1 aromatic rings. The monoisotopic (exact) mass is 191 g/mol. The Morgan fingerprint density at radius 2 is 2.21 bits per heavy atom. The number of benzene rings is 1. The summed E-state index contributed by atoms with van der Waals surface area (Å²) in [4.78, 5) is 2.33. The Morgan fingerprint density at radius 1 is 1.43 bits per heavy atom. The predicted molar refractivity (Wildman–Crippen MR) is 58.6 cm³/mol. The summed E-state index contributed by atoms with van der Waals surface area (Å²) < 4.78 is 0. The van der Waals surface area contributed by atoms with Gasteiger partial charge in [0, 0.05) is 12.2 Å². The third-order valence-electron chi connectivity index (χ3n) is 3.01. The summed E-state index contributed by atoms with van der Waals surface area (Å²) in [6.45, 7) is 3.48. The minimum atomic E-state index is 0.272. The van der Waals surface area contributed by atoms with Crippen molar-refractivity contribution in [3.05, 3.63) is 29.8 Å². The van der Waals surface area contributed by atoms with Gasteiger partial charge in [0.15, 0.2) is 0 Å². The number of hydrogen-bond acceptors (Lipinski definition) is 2. The smallest absolute Gasteiger partial charge is 0.0635 e. The van der Waals surface area contributed by atoms with Crippen LogP contribution in [0, 0.1) is 6.92 Å². The van der Waals surface area contributed by atoms with Crippen molar-refractivity contribution in [2.75, 3.05) is 18.1 Å². The zero-order chi connectivity index (χ0) is 9.97. The molecule has 0 spiro atoms. The summed E-state index contributed by atoms with van der Waals surface area (Å²) >= 11 is 0. The Labute approximate surface area is 85.2 Å². The van der Waals surface area contributed by atoms with E-state index in [2.05, 4.69) is 36.1 Å². The van der Waals surface area contributed by atoms with E-state index >= 15 is 0 Å². The number of aliphatic hydroxyl groups excluding tert-OH is 1. The molecule has 1 heterocycles. The van der Waals surface area contributed by atoms with Crippen LogP contribution < -0.4 is 4.90 Å². The Morgan fingerprint density at radius 3 is 2.93 bits per heavy atom. The van der Waals surface area contributed by atoms with Crippen LogP contribution in [0.4, 0.5) is 5.69 Å². The highest BCUT2D eigenvalue weighted by Crippen LogP contribution is 2.27. The van der Waals surface area contributed by atoms with Crippen molar-refractivity contribution in [3.63, 3.8) is 0 Å². The van der Waals surface area contributed by atoms with Gasteiger partial charge in [0.1, 0.15) is 0 Å². The van der Waals surface area contributed by atoms with E-state index < -0.39 is 0 Å². The Balaban J connectivity index is 2.26. The highest BCUT2D eigenvalue weighted by atomic mass is 16.3. The van der Waals surface area contributed by atoms with Crippen LogP contribution in [0.25, 0.3) is 0 Å². The molecule has 1 aromatic carbocycles. The van der Waals surface area contributed by atoms with Gasteiger partial charge < -0.3 is 10.0 Å². The van der Waals surface area contributed by atoms with Crippen molar-refractivity contribution in [1.82, 2.24) is 0 Å². The molecule has 0 radical (unpaired) electrons. The summed E-state index contributed by atoms with van der Waals surface area (Å²) in [5.41, 5.74) is 2.58. The molecular weight excluding hydrogens is 174 g/mol. The summed E-state index contributed by atoms with van der Waals surface area (Å²) in [5.74, 6) is 0. The Bertz CT molecular complexity index is 311. The maximum absolute atomic E-state index is 9.25. The van der Waals surface area contributed by atoms with E-state index in [0.717, 1.165) is 13.0 Å². The molecule has 0 saturated carbocycles. The first kappa shape index (κ1) is 9.53. The van der Waals surface area contributed by atoms with E-state index in [0.29, 0.717) is 6.04 Å². The highest BCUT2D eigenvalue weighted by Gasteiger charge is 2.24. The average molecular weight is 191 g/mol. The quantitative estimate of drug-likeness (QED) is 0.772. The first-order valence-electron chi connectivity index (χ1n) is 5.26. The average Bonchev–Trinajstić information content (AvgIpc) is 2.66. The predicted octanol–water partition coefficient (Wildman–Crippen LogP) is 1.96. The topological polar surface area (TPSA) is 23.5 Å². The molecule has 1 N–H and O–H groups in total. The number of nitrogens with zero attached hydrogens (tertiary/aromatic N) is 1. The van der Waals surface area contributed by atoms with Gasteiger partial charge in [0.2, 0.25) is 0 Å². The molecule has 0 amide bonds. The fourth-order valence-electron chi connectivity index (χ4n) is 2.23. The van der Waals surface area contributed by atoms with Crippen molar-refractivity contribution in [2.45, 2.75) is 25.8 Å². The second kappa shape index (κ2) is 4.01. The highest BCUT2D eigenvalue weighted by molar-refractivity contribution is 5.54. The van der Waals surface area contributed by atoms with Gasteiger partial charge in [-0.05, 0) is 31.4 Å². The van der Waals surface area contributed by atoms with Crippen molar-refractivity contribution in [3.8, 4) is 0 Å². The van der Waals surface area contributed by atoms with Crippen LogP contribution in [-0.4, -0.2) is 24.3 Å². The molecule has 0 bridgehead atoms. The first-order valence-corrected chi connectivity index (χ1v) is 5.26. The maximum Gasteiger partial charge on any atom is 0.0635 e. The van der Waals surface area contributed by atoms with Crippen LogP contribution in [0.15, 0.2) is 24.3 Å². The number of aryl methyl sites for hydroxylation is 1. The van der Waals surface area contributed by atoms with Crippen LogP contribution in [0.2, 0.25) is 0 Å². The number of rotatable bonds is 2. The SMILES string of the molecule is Cc1ccccc1N1CCC[C@@H]1CO. The van der Waals surface area contributed by atoms with Gasteiger partial charge in [-0.15, -0.1) is 0 Å². The van der Waals surface area contributed by atoms with E-state index in [9.17, 15) is 5.11 Å². The van der Waals surface area contributed by atoms with Gasteiger partial charge in [-0.25, -0.2) is 0 Å². The van der Waals surface area contributed by atoms with E-state index in [1.54, 1.807) is 0 Å². The summed E-state index contributed by atoms with van der Waals surface area (Å²) in [7, 11) is 0. The number of aliphatic hydroxyl groups is 1. The van der Waals surface area contributed by atoms with Crippen LogP contribution in [0.3, 0.4) is 0 Å². The van der Waals surface area contributed by atoms with Gasteiger partial charge in [-0.1, -0.05) is 18.2 Å². The lowest BCUT2D eigenvalue weighted by Crippen LogP contribution is -2.32. The second-order valence-electron chi connectivity index (χ2n) is 3.96. The van der Waals surface area contributed by atoms with Crippen LogP contribution in [0.1, 0.15) is 18.4 Å². The summed E-state index contributed by atoms with van der Waals surface area (Å²) in [6, 6.07) is 8.72. The summed E-state index contributed by atoms with van der Waals surface area (Å²) in [5, 5.41) is 9.25. The van der Waals surface area contributed by atoms with Crippen molar-refractivity contribution < 1.29 is 5.11 Å². The van der Waals surface area contributed by atoms with Crippen molar-refractivity contribution in [2.24, 2.45) is 0 Å². The molecule has 0 unspecified atom stereocenters. The molecule has 1 fully saturated rings. The second-order valence-corrected chi connectivity index (χ2v) is 3.96. The third kappa shape index (κ3) is 1.62. The molecule has 0 aliphatic carbocycles. The van der Waals surface area contributed by atoms with Crippen molar-refractivity contribution in [1.29, 1.82) is 0 Å². The zero-order valence-electron chi connectivity index (χ0n) is 8.61. The van der Waals surface area contributed by atoms with E-state index in [4.69, 9.17) is 0 Å². The fraction of sp³-hybridized carbons (Fsp3) is 0.500. The van der Waals surface area contributed by atoms with Crippen molar-refractivity contribution >= 4 is 5.69 Å². The molecule has 14 heavy (non-hydrogen) atoms. The molecular formula is C12H17NO. The first-order chi connectivity index (χ1) is 6.83. The molecule has 1 saturated heterocycles. The van der Waals surface area contributed by atoms with E-state index in [1.165, 1.54) is 17.7 Å². The molecule has 2 heteroatoms. The molecule has 1 atom stereocenters. The number of anilines is 1. The van der Waals surface area contributed by atoms with Gasteiger partial charge in [0.05, 0.1) is 12.6 Å². The summed E-state index contributed by atoms with van der Waals surface area (Å²) in [6.07, 6.45) is 2.31. The molecule has 1 aliphatic rings. The normalized spacial score (nSPS) is 21.6. The Hall–Kier alpha value is -1.02. The molecule has 0 aromatic heterocycles. The Kier molecular flexibility index (Phi) is 2.73. The van der Waals surface area contributed by atoms with Crippen LogP contribution in [-0.2, 0) is 0 Å². The van der Waals surface area contributed by atoms with Gasteiger partial charge in [0.25, 0.3) is 0 Å². The molecule has 76 valence electrons. The third-order valence-corrected chi connectivity index (χ3v) is 3.01. The van der Waals surface area contributed by atoms with Crippen LogP contribution >= 0.6 is 0 Å². The molecule has 1 aliphatic heterocycles. The zero-order valence-corrected chi connectivity index (χ0v) is 8.61. The maximum atomic E-state index is 9.25. The van der Waals surface area contributed by atoms with Gasteiger partial charge in [-0.2, -0.15) is 0 Å². The van der Waals surface area contributed by atoms with E-state index in [-0.39, 0.29) is 6.61 Å². The van der Waals surface area contributed by atoms with E-state index in [1.807, 2.05) is 0 Å². The van der Waals surface area contributed by atoms with Crippen LogP contribution in [0.5, 0.6) is 0 Å². The fourth-order valence-corrected chi connectivity index (χ4v) is 2.23. The minimum Gasteiger partial charge on any atom is -0.394 e. The molecule has 2 rings (SSSR count). The molecule has 2 nitrogen and oxygen atoms in total. The number of para-hydroxylation sites is 1.